The summed E-state index contributed by atoms with van der Waals surface area (Å²) < 4.78 is 0. The van der Waals surface area contributed by atoms with Crippen LogP contribution in [0.2, 0.25) is 5.02 Å². The second-order valence-corrected chi connectivity index (χ2v) is 6.11. The summed E-state index contributed by atoms with van der Waals surface area (Å²) in [6.45, 7) is 6.69. The fraction of sp³-hybridized carbons (Fsp3) is 0.600. The Balaban J connectivity index is 1.78. The van der Waals surface area contributed by atoms with Gasteiger partial charge in [0.15, 0.2) is 0 Å². The highest BCUT2D eigenvalue weighted by Gasteiger charge is 2.20. The highest BCUT2D eigenvalue weighted by Crippen LogP contribution is 2.13. The van der Waals surface area contributed by atoms with Crippen LogP contribution < -0.4 is 10.6 Å². The molecule has 2 nitrogen and oxygen atoms in total. The Kier molecular flexibility index (Phi) is 5.04. The normalized spacial score (nSPS) is 24.4. The third-order valence-electron chi connectivity index (χ3n) is 3.46. The maximum absolute atomic E-state index is 5.89. The topological polar surface area (TPSA) is 24.1 Å². The van der Waals surface area contributed by atoms with Crippen LogP contribution in [0, 0.1) is 5.92 Å². The molecule has 0 radical (unpaired) electrons. The van der Waals surface area contributed by atoms with Gasteiger partial charge in [-0.05, 0) is 36.5 Å². The highest BCUT2D eigenvalue weighted by molar-refractivity contribution is 6.30. The molecule has 2 rings (SSSR count). The van der Waals surface area contributed by atoms with Crippen molar-refractivity contribution in [3.8, 4) is 0 Å². The number of nitrogens with one attached hydrogen (secondary N) is 2. The van der Waals surface area contributed by atoms with Gasteiger partial charge in [-0.2, -0.15) is 0 Å². The minimum absolute atomic E-state index is 0.537. The average Bonchev–Trinajstić information content (AvgIpc) is 2.34. The van der Waals surface area contributed by atoms with Crippen molar-refractivity contribution >= 4 is 11.6 Å². The minimum atomic E-state index is 0.537. The second-order valence-electron chi connectivity index (χ2n) is 5.67. The maximum Gasteiger partial charge on any atom is 0.0406 e. The van der Waals surface area contributed by atoms with E-state index in [2.05, 4.69) is 36.6 Å². The Hall–Kier alpha value is -0.570. The zero-order chi connectivity index (χ0) is 13.0. The lowest BCUT2D eigenvalue weighted by Gasteiger charge is -2.32. The number of halogens is 1. The first-order valence-corrected chi connectivity index (χ1v) is 7.22. The molecule has 3 heteroatoms. The Labute approximate surface area is 115 Å². The van der Waals surface area contributed by atoms with E-state index in [1.165, 1.54) is 12.0 Å². The van der Waals surface area contributed by atoms with Gasteiger partial charge in [-0.1, -0.05) is 37.6 Å². The van der Waals surface area contributed by atoms with Crippen LogP contribution in [0.5, 0.6) is 0 Å². The van der Waals surface area contributed by atoms with E-state index in [0.29, 0.717) is 12.1 Å². The van der Waals surface area contributed by atoms with E-state index >= 15 is 0 Å². The molecule has 0 saturated carbocycles. The summed E-state index contributed by atoms with van der Waals surface area (Å²) in [6, 6.07) is 9.33. The van der Waals surface area contributed by atoms with Crippen molar-refractivity contribution < 1.29 is 0 Å². The van der Waals surface area contributed by atoms with Gasteiger partial charge in [0.25, 0.3) is 0 Å². The van der Waals surface area contributed by atoms with Crippen molar-refractivity contribution in [2.24, 2.45) is 5.92 Å². The number of piperazine rings is 1. The quantitative estimate of drug-likeness (QED) is 0.876. The molecular formula is C15H23ClN2. The van der Waals surface area contributed by atoms with Crippen molar-refractivity contribution in [1.29, 1.82) is 0 Å². The van der Waals surface area contributed by atoms with Gasteiger partial charge in [0.1, 0.15) is 0 Å². The molecule has 1 aromatic rings. The first-order valence-electron chi connectivity index (χ1n) is 6.84. The highest BCUT2D eigenvalue weighted by atomic mass is 35.5. The maximum atomic E-state index is 5.89. The first-order chi connectivity index (χ1) is 8.63. The summed E-state index contributed by atoms with van der Waals surface area (Å²) in [5.41, 5.74) is 1.35. The Morgan fingerprint density at radius 1 is 1.11 bits per heavy atom. The third kappa shape index (κ3) is 4.27. The monoisotopic (exact) mass is 266 g/mol. The lowest BCUT2D eigenvalue weighted by molar-refractivity contribution is 0.310. The van der Waals surface area contributed by atoms with E-state index in [9.17, 15) is 0 Å². The van der Waals surface area contributed by atoms with Crippen molar-refractivity contribution in [3.63, 3.8) is 0 Å². The first kappa shape index (κ1) is 13.9. The Morgan fingerprint density at radius 2 is 1.72 bits per heavy atom. The van der Waals surface area contributed by atoms with E-state index in [1.54, 1.807) is 0 Å². The number of hydrogen-bond donors (Lipinski definition) is 2. The summed E-state index contributed by atoms with van der Waals surface area (Å²) >= 11 is 5.89. The van der Waals surface area contributed by atoms with E-state index in [-0.39, 0.29) is 0 Å². The van der Waals surface area contributed by atoms with Gasteiger partial charge in [0.05, 0.1) is 0 Å². The molecule has 18 heavy (non-hydrogen) atoms. The summed E-state index contributed by atoms with van der Waals surface area (Å²) in [6.07, 6.45) is 2.32. The van der Waals surface area contributed by atoms with Crippen molar-refractivity contribution in [2.75, 3.05) is 13.1 Å². The molecule has 0 aliphatic carbocycles. The lowest BCUT2D eigenvalue weighted by Crippen LogP contribution is -2.55. The zero-order valence-electron chi connectivity index (χ0n) is 11.2. The van der Waals surface area contributed by atoms with Crippen LogP contribution >= 0.6 is 11.6 Å². The Morgan fingerprint density at radius 3 is 2.28 bits per heavy atom. The van der Waals surface area contributed by atoms with Crippen LogP contribution in [0.15, 0.2) is 24.3 Å². The van der Waals surface area contributed by atoms with Crippen LogP contribution in [-0.4, -0.2) is 25.2 Å². The summed E-state index contributed by atoms with van der Waals surface area (Å²) in [7, 11) is 0. The van der Waals surface area contributed by atoms with Crippen LogP contribution in [0.3, 0.4) is 0 Å². The van der Waals surface area contributed by atoms with Crippen molar-refractivity contribution in [2.45, 2.75) is 38.8 Å². The molecule has 0 amide bonds. The van der Waals surface area contributed by atoms with Gasteiger partial charge in [0, 0.05) is 30.2 Å². The van der Waals surface area contributed by atoms with Crippen LogP contribution in [0.25, 0.3) is 0 Å². The molecule has 1 aliphatic heterocycles. The van der Waals surface area contributed by atoms with Crippen LogP contribution in [-0.2, 0) is 6.42 Å². The number of benzene rings is 1. The molecule has 1 aromatic carbocycles. The molecule has 1 saturated heterocycles. The smallest absolute Gasteiger partial charge is 0.0406 e. The predicted molar refractivity (Wildman–Crippen MR) is 78.2 cm³/mol. The van der Waals surface area contributed by atoms with E-state index in [4.69, 9.17) is 11.6 Å². The third-order valence-corrected chi connectivity index (χ3v) is 3.71. The molecule has 0 bridgehead atoms. The molecular weight excluding hydrogens is 244 g/mol. The van der Waals surface area contributed by atoms with Gasteiger partial charge in [-0.25, -0.2) is 0 Å². The molecule has 1 aliphatic rings. The Bertz CT molecular complexity index is 353. The lowest BCUT2D eigenvalue weighted by atomic mass is 9.99. The van der Waals surface area contributed by atoms with Crippen molar-refractivity contribution in [1.82, 2.24) is 10.6 Å². The van der Waals surface area contributed by atoms with Crippen molar-refractivity contribution in [3.05, 3.63) is 34.9 Å². The fourth-order valence-corrected chi connectivity index (χ4v) is 2.67. The molecule has 2 N–H and O–H groups in total. The van der Waals surface area contributed by atoms with Gasteiger partial charge in [-0.3, -0.25) is 0 Å². The molecule has 1 fully saturated rings. The van der Waals surface area contributed by atoms with Crippen LogP contribution in [0.4, 0.5) is 0 Å². The molecule has 100 valence electrons. The molecule has 0 unspecified atom stereocenters. The van der Waals surface area contributed by atoms with Crippen LogP contribution in [0.1, 0.15) is 25.8 Å². The summed E-state index contributed by atoms with van der Waals surface area (Å²) in [4.78, 5) is 0. The number of hydrogen-bond acceptors (Lipinski definition) is 2. The standard InChI is InChI=1S/C15H23ClN2/c1-11(2)7-14-9-18-15(10-17-14)8-12-3-5-13(16)6-4-12/h3-6,11,14-15,17-18H,7-10H2,1-2H3/t14-,15-/m0/s1. The molecule has 0 aromatic heterocycles. The summed E-state index contributed by atoms with van der Waals surface area (Å²) in [5.74, 6) is 0.761. The van der Waals surface area contributed by atoms with E-state index in [0.717, 1.165) is 30.5 Å². The zero-order valence-corrected chi connectivity index (χ0v) is 12.0. The molecule has 1 heterocycles. The summed E-state index contributed by atoms with van der Waals surface area (Å²) in [5, 5.41) is 8.10. The largest absolute Gasteiger partial charge is 0.311 e. The molecule has 0 spiro atoms. The SMILES string of the molecule is CC(C)C[C@H]1CN[C@@H](Cc2ccc(Cl)cc2)CN1. The predicted octanol–water partition coefficient (Wildman–Crippen LogP) is 2.86. The molecule has 2 atom stereocenters. The van der Waals surface area contributed by atoms with Gasteiger partial charge in [0.2, 0.25) is 0 Å². The van der Waals surface area contributed by atoms with Gasteiger partial charge in [-0.15, -0.1) is 0 Å². The number of rotatable bonds is 4. The van der Waals surface area contributed by atoms with E-state index < -0.39 is 0 Å². The second kappa shape index (κ2) is 6.55. The van der Waals surface area contributed by atoms with Gasteiger partial charge >= 0.3 is 0 Å². The van der Waals surface area contributed by atoms with Gasteiger partial charge < -0.3 is 10.6 Å². The fourth-order valence-electron chi connectivity index (χ4n) is 2.55. The van der Waals surface area contributed by atoms with E-state index in [1.807, 2.05) is 12.1 Å². The average molecular weight is 267 g/mol. The minimum Gasteiger partial charge on any atom is -0.311 e.